The van der Waals surface area contributed by atoms with E-state index in [0.717, 1.165) is 16.8 Å². The van der Waals surface area contributed by atoms with Crippen LogP contribution in [-0.4, -0.2) is 58.5 Å². The number of nitrogens with zero attached hydrogens (tertiary/aromatic N) is 6. The minimum atomic E-state index is -0.302. The van der Waals surface area contributed by atoms with Gasteiger partial charge in [0.1, 0.15) is 18.0 Å². The molecule has 0 radical (unpaired) electrons. The van der Waals surface area contributed by atoms with Crippen molar-refractivity contribution in [3.05, 3.63) is 73.3 Å². The maximum atomic E-state index is 13.3. The highest BCUT2D eigenvalue weighted by Gasteiger charge is 2.19. The fourth-order valence-corrected chi connectivity index (χ4v) is 4.10. The summed E-state index contributed by atoms with van der Waals surface area (Å²) >= 11 is 0. The summed E-state index contributed by atoms with van der Waals surface area (Å²) in [7, 11) is 6.53. The molecule has 0 unspecified atom stereocenters. The molecule has 0 bridgehead atoms. The lowest BCUT2D eigenvalue weighted by atomic mass is 10.2. The molecule has 198 valence electrons. The van der Waals surface area contributed by atoms with Gasteiger partial charge in [0.15, 0.2) is 11.6 Å². The van der Waals surface area contributed by atoms with Crippen LogP contribution in [0.3, 0.4) is 0 Å². The molecule has 0 saturated heterocycles. The van der Waals surface area contributed by atoms with E-state index in [9.17, 15) is 4.79 Å². The summed E-state index contributed by atoms with van der Waals surface area (Å²) in [5, 5.41) is 7.07. The second-order valence-electron chi connectivity index (χ2n) is 8.59. The highest BCUT2D eigenvalue weighted by molar-refractivity contribution is 5.96. The predicted molar refractivity (Wildman–Crippen MR) is 148 cm³/mol. The van der Waals surface area contributed by atoms with Crippen LogP contribution in [-0.2, 0) is 11.8 Å². The van der Waals surface area contributed by atoms with Gasteiger partial charge in [0.2, 0.25) is 5.91 Å². The fourth-order valence-electron chi connectivity index (χ4n) is 4.10. The van der Waals surface area contributed by atoms with Gasteiger partial charge >= 0.3 is 0 Å². The van der Waals surface area contributed by atoms with Crippen molar-refractivity contribution < 1.29 is 19.0 Å². The van der Waals surface area contributed by atoms with Crippen molar-refractivity contribution in [2.45, 2.75) is 0 Å². The number of aryl methyl sites for hydroxylation is 1. The molecule has 0 fully saturated rings. The van der Waals surface area contributed by atoms with E-state index < -0.39 is 0 Å². The third-order valence-electron chi connectivity index (χ3n) is 6.04. The topological polar surface area (TPSA) is 117 Å². The van der Waals surface area contributed by atoms with Crippen LogP contribution in [0, 0.1) is 0 Å². The van der Waals surface area contributed by atoms with Crippen molar-refractivity contribution in [2.24, 2.45) is 7.05 Å². The Morgan fingerprint density at radius 1 is 0.923 bits per heavy atom. The smallest absolute Gasteiger partial charge is 0.245 e. The Morgan fingerprint density at radius 2 is 1.72 bits per heavy atom. The zero-order valence-corrected chi connectivity index (χ0v) is 22.0. The van der Waals surface area contributed by atoms with Crippen LogP contribution < -0.4 is 24.4 Å². The van der Waals surface area contributed by atoms with E-state index in [1.807, 2.05) is 48.5 Å². The maximum absolute atomic E-state index is 13.3. The maximum Gasteiger partial charge on any atom is 0.245 e. The number of anilines is 3. The van der Waals surface area contributed by atoms with Crippen LogP contribution >= 0.6 is 0 Å². The highest BCUT2D eigenvalue weighted by Crippen LogP contribution is 2.34. The average Bonchev–Trinajstić information content (AvgIpc) is 3.41. The normalized spacial score (nSPS) is 10.8. The average molecular weight is 526 g/mol. The van der Waals surface area contributed by atoms with E-state index in [2.05, 4.69) is 20.4 Å². The van der Waals surface area contributed by atoms with Gasteiger partial charge in [-0.15, -0.1) is 0 Å². The van der Waals surface area contributed by atoms with Gasteiger partial charge in [-0.25, -0.2) is 9.97 Å². The molecule has 0 aliphatic heterocycles. The molecule has 0 aliphatic carbocycles. The molecule has 0 atom stereocenters. The number of nitrogens with one attached hydrogen (secondary N) is 1. The molecule has 0 aliphatic rings. The molecule has 11 heteroatoms. The first-order valence-electron chi connectivity index (χ1n) is 12.0. The summed E-state index contributed by atoms with van der Waals surface area (Å²) in [6.45, 7) is -0.0444. The second kappa shape index (κ2) is 11.1. The Bertz CT molecular complexity index is 1610. The van der Waals surface area contributed by atoms with Crippen LogP contribution in [0.4, 0.5) is 17.2 Å². The van der Waals surface area contributed by atoms with Crippen molar-refractivity contribution in [3.63, 3.8) is 0 Å². The van der Waals surface area contributed by atoms with Crippen LogP contribution in [0.2, 0.25) is 0 Å². The number of amides is 1. The van der Waals surface area contributed by atoms with E-state index in [0.29, 0.717) is 40.0 Å². The number of carbonyl (C=O) groups excluding carboxylic acids is 1. The van der Waals surface area contributed by atoms with Crippen molar-refractivity contribution in [3.8, 4) is 28.5 Å². The molecular formula is C28H27N7O4. The van der Waals surface area contributed by atoms with Crippen molar-refractivity contribution in [2.75, 3.05) is 38.1 Å². The largest absolute Gasteiger partial charge is 0.497 e. The van der Waals surface area contributed by atoms with Gasteiger partial charge in [-0.2, -0.15) is 5.10 Å². The molecule has 1 amide bonds. The van der Waals surface area contributed by atoms with Gasteiger partial charge in [0.25, 0.3) is 0 Å². The number of hydrogen-bond acceptors (Lipinski definition) is 9. The number of pyridine rings is 1. The van der Waals surface area contributed by atoms with Gasteiger partial charge in [-0.05, 0) is 30.3 Å². The minimum absolute atomic E-state index is 0.0444. The molecule has 11 nitrogen and oxygen atoms in total. The monoisotopic (exact) mass is 525 g/mol. The number of aromatic nitrogens is 5. The molecule has 1 N–H and O–H groups in total. The number of carbonyl (C=O) groups is 1. The molecule has 39 heavy (non-hydrogen) atoms. The van der Waals surface area contributed by atoms with Crippen molar-refractivity contribution >= 4 is 34.1 Å². The summed E-state index contributed by atoms with van der Waals surface area (Å²) in [6.07, 6.45) is 6.93. The summed E-state index contributed by atoms with van der Waals surface area (Å²) in [6, 6.07) is 14.6. The quantitative estimate of drug-likeness (QED) is 0.302. The summed E-state index contributed by atoms with van der Waals surface area (Å²) in [5.41, 5.74) is 4.35. The second-order valence-corrected chi connectivity index (χ2v) is 8.59. The molecule has 0 saturated carbocycles. The molecule has 5 rings (SSSR count). The third-order valence-corrected chi connectivity index (χ3v) is 6.04. The van der Waals surface area contributed by atoms with Crippen LogP contribution in [0.1, 0.15) is 0 Å². The van der Waals surface area contributed by atoms with Crippen molar-refractivity contribution in [1.29, 1.82) is 0 Å². The molecule has 0 spiro atoms. The summed E-state index contributed by atoms with van der Waals surface area (Å²) < 4.78 is 18.0. The number of fused-ring (bicyclic) bond motifs is 1. The van der Waals surface area contributed by atoms with E-state index >= 15 is 0 Å². The molecule has 3 heterocycles. The Balaban J connectivity index is 1.55. The Labute approximate surface area is 225 Å². The van der Waals surface area contributed by atoms with Crippen LogP contribution in [0.25, 0.3) is 22.3 Å². The van der Waals surface area contributed by atoms with Gasteiger partial charge < -0.3 is 24.4 Å². The van der Waals surface area contributed by atoms with Crippen LogP contribution in [0.15, 0.2) is 73.3 Å². The summed E-state index contributed by atoms with van der Waals surface area (Å²) in [5.74, 6) is 1.66. The van der Waals surface area contributed by atoms with Gasteiger partial charge in [-0.1, -0.05) is 0 Å². The molecule has 3 aromatic heterocycles. The lowest BCUT2D eigenvalue weighted by Crippen LogP contribution is -2.30. The molecular weight excluding hydrogens is 498 g/mol. The van der Waals surface area contributed by atoms with Crippen LogP contribution in [0.5, 0.6) is 17.2 Å². The lowest BCUT2D eigenvalue weighted by Gasteiger charge is -2.25. The molecule has 2 aromatic carbocycles. The number of hydrogen-bond donors (Lipinski definition) is 1. The lowest BCUT2D eigenvalue weighted by molar-refractivity contribution is -0.114. The fraction of sp³-hybridized carbons (Fsp3) is 0.179. The van der Waals surface area contributed by atoms with E-state index in [4.69, 9.17) is 19.2 Å². The standard InChI is InChI=1S/C28H27N7O4/c1-34-16-18(14-31-34)25-15-30-23-8-7-19(12-24(23)32-25)35(20-10-21(37-2)13-22(11-20)38-3)17-27(36)33-28-26(39-4)6-5-9-29-28/h5-16H,17H2,1-4H3,(H,29,33,36). The van der Waals surface area contributed by atoms with E-state index in [1.54, 1.807) is 55.7 Å². The Kier molecular flexibility index (Phi) is 7.21. The predicted octanol–water partition coefficient (Wildman–Crippen LogP) is 4.23. The SMILES string of the molecule is COc1cc(OC)cc(N(CC(=O)Nc2ncccc2OC)c2ccc3ncc(-c4cnn(C)c4)nc3c2)c1. The highest BCUT2D eigenvalue weighted by atomic mass is 16.5. The van der Waals surface area contributed by atoms with Gasteiger partial charge in [0.05, 0.1) is 50.5 Å². The Morgan fingerprint density at radius 3 is 2.41 bits per heavy atom. The minimum Gasteiger partial charge on any atom is -0.497 e. The first kappa shape index (κ1) is 25.5. The number of rotatable bonds is 9. The molecule has 5 aromatic rings. The number of benzene rings is 2. The Hall–Kier alpha value is -5.19. The van der Waals surface area contributed by atoms with Gasteiger partial charge in [0, 0.05) is 54.6 Å². The number of ether oxygens (including phenoxy) is 3. The first-order chi connectivity index (χ1) is 19.0. The first-order valence-corrected chi connectivity index (χ1v) is 12.0. The van der Waals surface area contributed by atoms with E-state index in [1.165, 1.54) is 7.11 Å². The zero-order chi connectivity index (χ0) is 27.4. The number of methoxy groups -OCH3 is 3. The van der Waals surface area contributed by atoms with Crippen molar-refractivity contribution in [1.82, 2.24) is 24.7 Å². The van der Waals surface area contributed by atoms with Gasteiger partial charge in [-0.3, -0.25) is 14.5 Å². The summed E-state index contributed by atoms with van der Waals surface area (Å²) in [4.78, 5) is 28.8. The zero-order valence-electron chi connectivity index (χ0n) is 22.0. The van der Waals surface area contributed by atoms with E-state index in [-0.39, 0.29) is 12.5 Å². The third kappa shape index (κ3) is 5.57.